The molecular formula is C12H18N3O2+. The lowest BCUT2D eigenvalue weighted by Gasteiger charge is -1.99. The molecule has 0 unspecified atom stereocenters. The minimum Gasteiger partial charge on any atom is -0.465 e. The number of nitrogens with zero attached hydrogens (tertiary/aromatic N) is 3. The number of benzene rings is 1. The maximum Gasteiger partial charge on any atom is 0.337 e. The Bertz CT molecular complexity index is 435. The molecule has 0 radical (unpaired) electrons. The molecule has 5 heteroatoms. The molecule has 0 fully saturated rings. The third kappa shape index (κ3) is 4.57. The summed E-state index contributed by atoms with van der Waals surface area (Å²) >= 11 is 0. The van der Waals surface area contributed by atoms with E-state index in [1.165, 1.54) is 14.2 Å². The second kappa shape index (κ2) is 8.19. The number of esters is 1. The van der Waals surface area contributed by atoms with E-state index in [-0.39, 0.29) is 5.97 Å². The van der Waals surface area contributed by atoms with Gasteiger partial charge >= 0.3 is 5.97 Å². The molecule has 0 saturated carbocycles. The molecule has 1 rings (SSSR count). The zero-order chi connectivity index (χ0) is 13.3. The molecule has 5 nitrogen and oxygen atoms in total. The molecule has 0 bridgehead atoms. The molecule has 0 atom stereocenters. The highest BCUT2D eigenvalue weighted by molar-refractivity contribution is 5.90. The smallest absolute Gasteiger partial charge is 0.337 e. The van der Waals surface area contributed by atoms with E-state index in [0.29, 0.717) is 11.3 Å². The summed E-state index contributed by atoms with van der Waals surface area (Å²) in [5, 5.41) is 7.36. The van der Waals surface area contributed by atoms with Gasteiger partial charge in [0.2, 0.25) is 4.91 Å². The first-order valence-corrected chi connectivity index (χ1v) is 5.38. The van der Waals surface area contributed by atoms with Gasteiger partial charge in [-0.2, -0.15) is 0 Å². The Morgan fingerprint density at radius 3 is 2.53 bits per heavy atom. The molecule has 0 saturated heterocycles. The van der Waals surface area contributed by atoms with E-state index < -0.39 is 0 Å². The fourth-order valence-electron chi connectivity index (χ4n) is 1.05. The van der Waals surface area contributed by atoms with E-state index in [9.17, 15) is 4.79 Å². The summed E-state index contributed by atoms with van der Waals surface area (Å²) in [7, 11) is 2.87. The Balaban J connectivity index is 0.00000121. The predicted molar refractivity (Wildman–Crippen MR) is 66.4 cm³/mol. The number of ether oxygens (including phenoxy) is 1. The second-order valence-electron chi connectivity index (χ2n) is 2.88. The number of aryl methyl sites for hydroxylation is 1. The summed E-state index contributed by atoms with van der Waals surface area (Å²) in [5.41, 5.74) is 1.99. The van der Waals surface area contributed by atoms with Gasteiger partial charge in [0.1, 0.15) is 12.2 Å². The minimum atomic E-state index is -0.389. The van der Waals surface area contributed by atoms with Gasteiger partial charge in [0.05, 0.1) is 12.7 Å². The van der Waals surface area contributed by atoms with Crippen LogP contribution in [0.3, 0.4) is 0 Å². The van der Waals surface area contributed by atoms with E-state index in [0.717, 1.165) is 5.56 Å². The summed E-state index contributed by atoms with van der Waals surface area (Å²) in [6.45, 7) is 5.88. The lowest BCUT2D eigenvalue weighted by molar-refractivity contribution is 0.0601. The molecule has 0 heterocycles. The molecule has 0 aliphatic carbocycles. The third-order valence-corrected chi connectivity index (χ3v) is 1.87. The normalized spacial score (nSPS) is 8.29. The molecule has 92 valence electrons. The summed E-state index contributed by atoms with van der Waals surface area (Å²) in [6, 6.07) is 5.09. The first-order valence-electron chi connectivity index (χ1n) is 5.38. The number of hydrogen-bond acceptors (Lipinski definition) is 4. The Morgan fingerprint density at radius 1 is 1.35 bits per heavy atom. The lowest BCUT2D eigenvalue weighted by Crippen LogP contribution is -2.00. The van der Waals surface area contributed by atoms with Crippen molar-refractivity contribution < 1.29 is 9.53 Å². The van der Waals surface area contributed by atoms with Crippen LogP contribution in [0.25, 0.3) is 0 Å². The van der Waals surface area contributed by atoms with Crippen molar-refractivity contribution >= 4 is 11.7 Å². The number of hydrogen-bond donors (Lipinski definition) is 0. The SMILES string of the molecule is CC.CN=[N+]=Nc1cc(C(=O)OC)ccc1C. The summed E-state index contributed by atoms with van der Waals surface area (Å²) < 4.78 is 4.60. The van der Waals surface area contributed by atoms with Gasteiger partial charge in [0.15, 0.2) is 10.8 Å². The van der Waals surface area contributed by atoms with Gasteiger partial charge < -0.3 is 4.74 Å². The standard InChI is InChI=1S/C10H12N3O2.C2H6/c1-7-4-5-8(10(14)15-3)6-9(7)12-13-11-2;1-2/h4-6H,1-3H3;1-2H3/q+1;. The molecule has 1 aromatic carbocycles. The van der Waals surface area contributed by atoms with Crippen molar-refractivity contribution in [1.82, 2.24) is 4.91 Å². The zero-order valence-electron chi connectivity index (χ0n) is 10.9. The van der Waals surface area contributed by atoms with Crippen LogP contribution < -0.4 is 4.91 Å². The first-order chi connectivity index (χ1) is 8.19. The van der Waals surface area contributed by atoms with Crippen molar-refractivity contribution in [2.75, 3.05) is 14.2 Å². The van der Waals surface area contributed by atoms with E-state index >= 15 is 0 Å². The molecule has 17 heavy (non-hydrogen) atoms. The molecule has 0 aliphatic heterocycles. The van der Waals surface area contributed by atoms with Crippen LogP contribution in [0.4, 0.5) is 5.69 Å². The van der Waals surface area contributed by atoms with Crippen molar-refractivity contribution in [1.29, 1.82) is 0 Å². The second-order valence-corrected chi connectivity index (χ2v) is 2.88. The zero-order valence-corrected chi connectivity index (χ0v) is 10.9. The average molecular weight is 236 g/mol. The summed E-state index contributed by atoms with van der Waals surface area (Å²) in [4.78, 5) is 14.8. The Hall–Kier alpha value is -2.00. The fourth-order valence-corrected chi connectivity index (χ4v) is 1.05. The molecule has 1 aromatic rings. The fraction of sp³-hybridized carbons (Fsp3) is 0.417. The van der Waals surface area contributed by atoms with Crippen LogP contribution in [0.2, 0.25) is 0 Å². The van der Waals surface area contributed by atoms with Gasteiger partial charge in [-0.05, 0) is 24.6 Å². The van der Waals surface area contributed by atoms with Gasteiger partial charge in [-0.1, -0.05) is 19.9 Å². The lowest BCUT2D eigenvalue weighted by atomic mass is 10.1. The van der Waals surface area contributed by atoms with Gasteiger partial charge in [-0.3, -0.25) is 0 Å². The highest BCUT2D eigenvalue weighted by atomic mass is 16.5. The van der Waals surface area contributed by atoms with Crippen molar-refractivity contribution in [3.8, 4) is 0 Å². The van der Waals surface area contributed by atoms with E-state index in [1.807, 2.05) is 20.8 Å². The third-order valence-electron chi connectivity index (χ3n) is 1.87. The Labute approximate surface area is 101 Å². The molecule has 0 amide bonds. The minimum absolute atomic E-state index is 0.389. The molecule has 0 aliphatic rings. The van der Waals surface area contributed by atoms with E-state index in [2.05, 4.69) is 19.9 Å². The monoisotopic (exact) mass is 236 g/mol. The Kier molecular flexibility index (Phi) is 7.22. The number of rotatable bonds is 2. The molecule has 0 N–H and O–H groups in total. The maximum atomic E-state index is 11.2. The van der Waals surface area contributed by atoms with Gasteiger partial charge in [-0.15, -0.1) is 0 Å². The summed E-state index contributed by atoms with van der Waals surface area (Å²) in [6.07, 6.45) is 0. The largest absolute Gasteiger partial charge is 0.465 e. The van der Waals surface area contributed by atoms with Crippen molar-refractivity contribution in [2.45, 2.75) is 20.8 Å². The van der Waals surface area contributed by atoms with Crippen LogP contribution in [0.5, 0.6) is 0 Å². The van der Waals surface area contributed by atoms with Gasteiger partial charge in [-0.25, -0.2) is 4.79 Å². The molecule has 0 spiro atoms. The van der Waals surface area contributed by atoms with Crippen LogP contribution in [0, 0.1) is 6.92 Å². The topological polar surface area (TPSA) is 65.1 Å². The highest BCUT2D eigenvalue weighted by Crippen LogP contribution is 2.19. The number of methoxy groups -OCH3 is 1. The van der Waals surface area contributed by atoms with E-state index in [4.69, 9.17) is 0 Å². The van der Waals surface area contributed by atoms with Gasteiger partial charge in [0, 0.05) is 0 Å². The van der Waals surface area contributed by atoms with Crippen LogP contribution in [0.15, 0.2) is 28.4 Å². The molecule has 0 aromatic heterocycles. The first kappa shape index (κ1) is 15.0. The van der Waals surface area contributed by atoms with Crippen molar-refractivity contribution in [2.24, 2.45) is 10.2 Å². The summed E-state index contributed by atoms with van der Waals surface area (Å²) in [5.74, 6) is -0.389. The predicted octanol–water partition coefficient (Wildman–Crippen LogP) is 3.04. The molecular weight excluding hydrogens is 218 g/mol. The van der Waals surface area contributed by atoms with Gasteiger partial charge in [0.25, 0.3) is 0 Å². The van der Waals surface area contributed by atoms with Crippen molar-refractivity contribution in [3.05, 3.63) is 29.3 Å². The number of carbonyl (C=O) groups is 1. The Morgan fingerprint density at radius 2 is 2.00 bits per heavy atom. The van der Waals surface area contributed by atoms with E-state index in [1.54, 1.807) is 18.2 Å². The van der Waals surface area contributed by atoms with Crippen LogP contribution >= 0.6 is 0 Å². The number of carbonyl (C=O) groups excluding carboxylic acids is 1. The quantitative estimate of drug-likeness (QED) is 0.450. The highest BCUT2D eigenvalue weighted by Gasteiger charge is 2.09. The van der Waals surface area contributed by atoms with Crippen LogP contribution in [-0.4, -0.2) is 20.1 Å². The van der Waals surface area contributed by atoms with Crippen LogP contribution in [0.1, 0.15) is 29.8 Å². The maximum absolute atomic E-state index is 11.2. The van der Waals surface area contributed by atoms with Crippen LogP contribution in [-0.2, 0) is 4.74 Å². The van der Waals surface area contributed by atoms with Crippen molar-refractivity contribution in [3.63, 3.8) is 0 Å². The average Bonchev–Trinajstić information content (AvgIpc) is 2.39.